The molecule has 1 unspecified atom stereocenters. The van der Waals surface area contributed by atoms with Gasteiger partial charge in [0.2, 0.25) is 0 Å². The summed E-state index contributed by atoms with van der Waals surface area (Å²) in [5.74, 6) is 0.354. The molecular formula is C21H22ClN5O3S. The van der Waals surface area contributed by atoms with Crippen molar-refractivity contribution in [2.24, 2.45) is 7.05 Å². The third kappa shape index (κ3) is 6.22. The van der Waals surface area contributed by atoms with E-state index < -0.39 is 17.9 Å². The molecule has 1 aromatic heterocycles. The first-order valence-corrected chi connectivity index (χ1v) is 10.8. The van der Waals surface area contributed by atoms with Crippen molar-refractivity contribution in [1.82, 2.24) is 25.6 Å². The number of hydrogen-bond acceptors (Lipinski definition) is 6. The van der Waals surface area contributed by atoms with E-state index in [0.29, 0.717) is 22.1 Å². The normalized spacial score (nSPS) is 11.6. The van der Waals surface area contributed by atoms with Gasteiger partial charge in [0.05, 0.1) is 0 Å². The van der Waals surface area contributed by atoms with Crippen molar-refractivity contribution in [3.05, 3.63) is 70.5 Å². The maximum Gasteiger partial charge on any atom is 0.279 e. The van der Waals surface area contributed by atoms with Crippen LogP contribution in [0, 0.1) is 6.92 Å². The molecule has 0 saturated carbocycles. The molecule has 0 aliphatic rings. The molecule has 0 bridgehead atoms. The van der Waals surface area contributed by atoms with Gasteiger partial charge in [0, 0.05) is 23.4 Å². The molecule has 0 saturated heterocycles. The second-order valence-electron chi connectivity index (χ2n) is 6.82. The summed E-state index contributed by atoms with van der Waals surface area (Å²) < 4.78 is 7.49. The number of carbonyl (C=O) groups excluding carboxylic acids is 2. The fourth-order valence-corrected chi connectivity index (χ4v) is 3.66. The van der Waals surface area contributed by atoms with Crippen molar-refractivity contribution in [1.29, 1.82) is 0 Å². The Kier molecular flexibility index (Phi) is 7.54. The number of carbonyl (C=O) groups is 2. The molecule has 8 nitrogen and oxygen atoms in total. The lowest BCUT2D eigenvalue weighted by Gasteiger charge is -2.16. The topological polar surface area (TPSA) is 98.1 Å². The SMILES string of the molecule is Cc1cc(Cl)ccc1OC(C)C(=O)NNC(=O)c1ccc(CSc2nncn2C)cc1. The van der Waals surface area contributed by atoms with Gasteiger partial charge in [-0.15, -0.1) is 10.2 Å². The molecule has 162 valence electrons. The van der Waals surface area contributed by atoms with Gasteiger partial charge < -0.3 is 9.30 Å². The number of thioether (sulfide) groups is 1. The molecule has 0 fully saturated rings. The van der Waals surface area contributed by atoms with E-state index >= 15 is 0 Å². The lowest BCUT2D eigenvalue weighted by Crippen LogP contribution is -2.47. The van der Waals surface area contributed by atoms with E-state index in [1.807, 2.05) is 30.7 Å². The molecule has 0 aliphatic carbocycles. The number of nitrogens with one attached hydrogen (secondary N) is 2. The summed E-state index contributed by atoms with van der Waals surface area (Å²) in [5, 5.41) is 9.27. The molecule has 0 spiro atoms. The molecule has 2 amide bonds. The van der Waals surface area contributed by atoms with Crippen molar-refractivity contribution in [2.75, 3.05) is 0 Å². The van der Waals surface area contributed by atoms with Crippen LogP contribution in [0.1, 0.15) is 28.4 Å². The number of aromatic nitrogens is 3. The highest BCUT2D eigenvalue weighted by atomic mass is 35.5. The summed E-state index contributed by atoms with van der Waals surface area (Å²) in [4.78, 5) is 24.6. The smallest absolute Gasteiger partial charge is 0.279 e. The lowest BCUT2D eigenvalue weighted by atomic mass is 10.1. The van der Waals surface area contributed by atoms with Gasteiger partial charge in [0.15, 0.2) is 11.3 Å². The minimum Gasteiger partial charge on any atom is -0.481 e. The maximum absolute atomic E-state index is 12.3. The average Bonchev–Trinajstić information content (AvgIpc) is 3.17. The number of amides is 2. The van der Waals surface area contributed by atoms with Crippen LogP contribution in [0.2, 0.25) is 5.02 Å². The molecule has 2 N–H and O–H groups in total. The second kappa shape index (κ2) is 10.3. The predicted molar refractivity (Wildman–Crippen MR) is 119 cm³/mol. The fraction of sp³-hybridized carbons (Fsp3) is 0.238. The fourth-order valence-electron chi connectivity index (χ4n) is 2.58. The number of benzene rings is 2. The Hall–Kier alpha value is -3.04. The molecule has 2 aromatic carbocycles. The van der Waals surface area contributed by atoms with Gasteiger partial charge >= 0.3 is 0 Å². The van der Waals surface area contributed by atoms with Crippen molar-refractivity contribution in [3.63, 3.8) is 0 Å². The number of hydrazine groups is 1. The highest BCUT2D eigenvalue weighted by Gasteiger charge is 2.17. The van der Waals surface area contributed by atoms with Crippen LogP contribution in [0.25, 0.3) is 0 Å². The molecule has 0 aliphatic heterocycles. The average molecular weight is 460 g/mol. The van der Waals surface area contributed by atoms with Gasteiger partial charge in [0.25, 0.3) is 11.8 Å². The molecule has 31 heavy (non-hydrogen) atoms. The zero-order valence-electron chi connectivity index (χ0n) is 17.3. The van der Waals surface area contributed by atoms with E-state index in [-0.39, 0.29) is 0 Å². The molecule has 1 atom stereocenters. The third-order valence-corrected chi connectivity index (χ3v) is 5.70. The molecule has 3 aromatic rings. The number of halogens is 1. The van der Waals surface area contributed by atoms with Crippen molar-refractivity contribution in [3.8, 4) is 5.75 Å². The second-order valence-corrected chi connectivity index (χ2v) is 8.20. The number of hydrogen-bond donors (Lipinski definition) is 2. The third-order valence-electron chi connectivity index (χ3n) is 4.36. The molecule has 3 rings (SSSR count). The van der Waals surface area contributed by atoms with Crippen LogP contribution in [0.5, 0.6) is 5.75 Å². The van der Waals surface area contributed by atoms with Gasteiger partial charge in [-0.05, 0) is 55.3 Å². The van der Waals surface area contributed by atoms with Crippen LogP contribution in [0.3, 0.4) is 0 Å². The van der Waals surface area contributed by atoms with E-state index in [1.165, 1.54) is 0 Å². The van der Waals surface area contributed by atoms with Crippen molar-refractivity contribution >= 4 is 35.2 Å². The standard InChI is InChI=1S/C21H22ClN5O3S/c1-13-10-17(22)8-9-18(13)30-14(2)19(28)24-25-20(29)16-6-4-15(5-7-16)11-31-21-26-23-12-27(21)3/h4-10,12,14H,11H2,1-3H3,(H,24,28)(H,25,29). The highest BCUT2D eigenvalue weighted by Crippen LogP contribution is 2.23. The largest absolute Gasteiger partial charge is 0.481 e. The van der Waals surface area contributed by atoms with Crippen LogP contribution in [-0.2, 0) is 17.6 Å². The van der Waals surface area contributed by atoms with Gasteiger partial charge in [-0.1, -0.05) is 35.5 Å². The first kappa shape index (κ1) is 22.6. The zero-order chi connectivity index (χ0) is 22.4. The van der Waals surface area contributed by atoms with Crippen LogP contribution in [0.4, 0.5) is 0 Å². The van der Waals surface area contributed by atoms with E-state index in [4.69, 9.17) is 16.3 Å². The summed E-state index contributed by atoms with van der Waals surface area (Å²) in [6, 6.07) is 12.2. The number of nitrogens with zero attached hydrogens (tertiary/aromatic N) is 3. The van der Waals surface area contributed by atoms with Gasteiger partial charge in [-0.25, -0.2) is 0 Å². The summed E-state index contributed by atoms with van der Waals surface area (Å²) in [6.07, 6.45) is 0.840. The van der Waals surface area contributed by atoms with Crippen molar-refractivity contribution in [2.45, 2.75) is 30.9 Å². The highest BCUT2D eigenvalue weighted by molar-refractivity contribution is 7.98. The van der Waals surface area contributed by atoms with Gasteiger partial charge in [-0.3, -0.25) is 20.4 Å². The Morgan fingerprint density at radius 2 is 1.94 bits per heavy atom. The van der Waals surface area contributed by atoms with Crippen LogP contribution in [-0.4, -0.2) is 32.7 Å². The van der Waals surface area contributed by atoms with Gasteiger partial charge in [0.1, 0.15) is 12.1 Å². The van der Waals surface area contributed by atoms with E-state index in [1.54, 1.807) is 55.3 Å². The molecule has 10 heteroatoms. The Labute approximate surface area is 189 Å². The number of aryl methyl sites for hydroxylation is 2. The molecular weight excluding hydrogens is 438 g/mol. The minimum absolute atomic E-state index is 0.421. The van der Waals surface area contributed by atoms with E-state index in [9.17, 15) is 9.59 Å². The monoisotopic (exact) mass is 459 g/mol. The number of rotatable bonds is 7. The quantitative estimate of drug-likeness (QED) is 0.415. The van der Waals surface area contributed by atoms with Crippen molar-refractivity contribution < 1.29 is 14.3 Å². The van der Waals surface area contributed by atoms with Gasteiger partial charge in [-0.2, -0.15) is 0 Å². The molecule has 0 radical (unpaired) electrons. The first-order valence-electron chi connectivity index (χ1n) is 9.42. The summed E-state index contributed by atoms with van der Waals surface area (Å²) in [6.45, 7) is 3.43. The van der Waals surface area contributed by atoms with Crippen LogP contribution in [0.15, 0.2) is 53.9 Å². The Balaban J connectivity index is 1.48. The molecule has 1 heterocycles. The predicted octanol–water partition coefficient (Wildman–Crippen LogP) is 3.30. The summed E-state index contributed by atoms with van der Waals surface area (Å²) in [7, 11) is 1.88. The summed E-state index contributed by atoms with van der Waals surface area (Å²) in [5.41, 5.74) is 7.06. The van der Waals surface area contributed by atoms with E-state index in [0.717, 1.165) is 16.3 Å². The van der Waals surface area contributed by atoms with Crippen LogP contribution >= 0.6 is 23.4 Å². The maximum atomic E-state index is 12.3. The first-order chi connectivity index (χ1) is 14.8. The zero-order valence-corrected chi connectivity index (χ0v) is 18.8. The number of ether oxygens (including phenoxy) is 1. The van der Waals surface area contributed by atoms with E-state index in [2.05, 4.69) is 21.0 Å². The minimum atomic E-state index is -0.805. The van der Waals surface area contributed by atoms with Crippen LogP contribution < -0.4 is 15.6 Å². The Morgan fingerprint density at radius 1 is 1.19 bits per heavy atom. The lowest BCUT2D eigenvalue weighted by molar-refractivity contribution is -0.128. The Bertz CT molecular complexity index is 1070. The Morgan fingerprint density at radius 3 is 2.58 bits per heavy atom. The summed E-state index contributed by atoms with van der Waals surface area (Å²) >= 11 is 7.48.